The molecule has 0 radical (unpaired) electrons. The first-order valence-corrected chi connectivity index (χ1v) is 13.4. The van der Waals surface area contributed by atoms with Gasteiger partial charge in [-0.15, -0.1) is 21.5 Å². The predicted octanol–water partition coefficient (Wildman–Crippen LogP) is 2.53. The van der Waals surface area contributed by atoms with Crippen LogP contribution in [0.15, 0.2) is 41.8 Å². The first-order chi connectivity index (χ1) is 17.7. The van der Waals surface area contributed by atoms with Gasteiger partial charge in [-0.3, -0.25) is 14.5 Å². The van der Waals surface area contributed by atoms with E-state index in [0.29, 0.717) is 32.1 Å². The number of carbonyl (C=O) groups is 2. The number of tetrazole rings is 1. The topological polar surface area (TPSA) is 105 Å². The molecule has 1 saturated heterocycles. The summed E-state index contributed by atoms with van der Waals surface area (Å²) < 4.78 is 5.47. The van der Waals surface area contributed by atoms with Crippen LogP contribution in [0.4, 0.5) is 0 Å². The number of amides is 2. The number of morpholine rings is 1. The smallest absolute Gasteiger partial charge is 0.248 e. The van der Waals surface area contributed by atoms with Crippen LogP contribution in [0.1, 0.15) is 37.3 Å². The Morgan fingerprint density at radius 3 is 2.54 bits per heavy atom. The molecule has 10 nitrogen and oxygen atoms in total. The Morgan fingerprint density at radius 2 is 1.89 bits per heavy atom. The van der Waals surface area contributed by atoms with Gasteiger partial charge in [0.25, 0.3) is 0 Å². The molecule has 3 heterocycles. The Bertz CT molecular complexity index is 1170. The zero-order valence-electron chi connectivity index (χ0n) is 21.9. The first kappa shape index (κ1) is 26.9. The molecule has 2 amide bonds. The van der Waals surface area contributed by atoms with Crippen LogP contribution < -0.4 is 5.32 Å². The van der Waals surface area contributed by atoms with Crippen molar-refractivity contribution in [2.24, 2.45) is 0 Å². The highest BCUT2D eigenvalue weighted by Crippen LogP contribution is 2.27. The molecule has 1 N–H and O–H groups in total. The average Bonchev–Trinajstić information content (AvgIpc) is 3.54. The Hall–Kier alpha value is -3.15. The van der Waals surface area contributed by atoms with Gasteiger partial charge in [0.15, 0.2) is 0 Å². The maximum absolute atomic E-state index is 13.8. The molecule has 1 fully saturated rings. The second-order valence-electron chi connectivity index (χ2n) is 10.2. The molecular formula is C26H35N7O3S. The van der Waals surface area contributed by atoms with E-state index in [0.717, 1.165) is 29.1 Å². The van der Waals surface area contributed by atoms with Crippen molar-refractivity contribution < 1.29 is 14.3 Å². The molecule has 0 unspecified atom stereocenters. The summed E-state index contributed by atoms with van der Waals surface area (Å²) in [5.41, 5.74) is 1.52. The van der Waals surface area contributed by atoms with Crippen LogP contribution in [0.2, 0.25) is 0 Å². The van der Waals surface area contributed by atoms with Crippen LogP contribution in [-0.4, -0.2) is 86.8 Å². The number of thiophene rings is 1. The van der Waals surface area contributed by atoms with Gasteiger partial charge in [-0.25, -0.2) is 0 Å². The Kier molecular flexibility index (Phi) is 8.67. The lowest BCUT2D eigenvalue weighted by Crippen LogP contribution is -2.51. The zero-order valence-corrected chi connectivity index (χ0v) is 22.7. The highest BCUT2D eigenvalue weighted by atomic mass is 32.1. The summed E-state index contributed by atoms with van der Waals surface area (Å²) in [7, 11) is 0. The molecule has 1 aliphatic rings. The van der Waals surface area contributed by atoms with E-state index in [4.69, 9.17) is 4.74 Å². The summed E-state index contributed by atoms with van der Waals surface area (Å²) in [4.78, 5) is 33.3. The number of carbonyl (C=O) groups excluding carboxylic acids is 2. The molecule has 1 aliphatic heterocycles. The largest absolute Gasteiger partial charge is 0.379 e. The molecule has 37 heavy (non-hydrogen) atoms. The number of hydrogen-bond acceptors (Lipinski definition) is 8. The summed E-state index contributed by atoms with van der Waals surface area (Å²) in [6, 6.07) is 10.9. The van der Waals surface area contributed by atoms with Gasteiger partial charge in [0.1, 0.15) is 12.6 Å². The lowest BCUT2D eigenvalue weighted by molar-refractivity contribution is -0.142. The number of nitrogens with one attached hydrogen (secondary N) is 1. The van der Waals surface area contributed by atoms with Crippen molar-refractivity contribution in [1.82, 2.24) is 35.3 Å². The molecule has 1 aromatic carbocycles. The van der Waals surface area contributed by atoms with Crippen LogP contribution in [-0.2, 0) is 20.9 Å². The van der Waals surface area contributed by atoms with Gasteiger partial charge in [0.2, 0.25) is 17.6 Å². The minimum absolute atomic E-state index is 0.118. The highest BCUT2D eigenvalue weighted by molar-refractivity contribution is 7.10. The molecule has 4 rings (SSSR count). The van der Waals surface area contributed by atoms with Crippen molar-refractivity contribution in [2.45, 2.75) is 45.8 Å². The number of benzene rings is 1. The van der Waals surface area contributed by atoms with Crippen LogP contribution in [0.3, 0.4) is 0 Å². The van der Waals surface area contributed by atoms with Crippen molar-refractivity contribution in [3.05, 3.63) is 52.2 Å². The zero-order chi connectivity index (χ0) is 26.4. The lowest BCUT2D eigenvalue weighted by atomic mass is 10.1. The Balaban J connectivity index is 1.58. The quantitative estimate of drug-likeness (QED) is 0.458. The van der Waals surface area contributed by atoms with E-state index in [2.05, 4.69) is 25.6 Å². The molecule has 198 valence electrons. The number of nitrogens with zero attached hydrogens (tertiary/aromatic N) is 6. The van der Waals surface area contributed by atoms with E-state index in [9.17, 15) is 9.59 Å². The standard InChI is InChI=1S/C26H35N7O3S/c1-19-7-9-20(10-8-19)24-28-30-33(29-24)18-22(34)32(12-11-31-13-15-36-16-14-31)23(21-6-5-17-37-21)25(35)27-26(2,3)4/h5-10,17,23H,11-16,18H2,1-4H3,(H,27,35)/t23-/m0/s1. The van der Waals surface area contributed by atoms with Crippen molar-refractivity contribution in [2.75, 3.05) is 39.4 Å². The fourth-order valence-corrected chi connectivity index (χ4v) is 4.96. The summed E-state index contributed by atoms with van der Waals surface area (Å²) in [5.74, 6) is -0.00584. The normalized spacial score (nSPS) is 15.4. The summed E-state index contributed by atoms with van der Waals surface area (Å²) in [6.07, 6.45) is 0. The number of ether oxygens (including phenoxy) is 1. The van der Waals surface area contributed by atoms with Gasteiger partial charge in [-0.1, -0.05) is 35.9 Å². The van der Waals surface area contributed by atoms with Gasteiger partial charge in [-0.2, -0.15) is 4.80 Å². The summed E-state index contributed by atoms with van der Waals surface area (Å²) >= 11 is 1.46. The molecule has 0 spiro atoms. The first-order valence-electron chi connectivity index (χ1n) is 12.5. The second kappa shape index (κ2) is 11.9. The van der Waals surface area contributed by atoms with Gasteiger partial charge in [-0.05, 0) is 44.4 Å². The van der Waals surface area contributed by atoms with Gasteiger partial charge in [0, 0.05) is 42.2 Å². The van der Waals surface area contributed by atoms with Crippen molar-refractivity contribution in [3.63, 3.8) is 0 Å². The average molecular weight is 526 g/mol. The third kappa shape index (κ3) is 7.43. The lowest BCUT2D eigenvalue weighted by Gasteiger charge is -2.35. The minimum Gasteiger partial charge on any atom is -0.379 e. The molecule has 0 saturated carbocycles. The van der Waals surface area contributed by atoms with Crippen molar-refractivity contribution in [3.8, 4) is 11.4 Å². The third-order valence-electron chi connectivity index (χ3n) is 5.99. The van der Waals surface area contributed by atoms with Gasteiger partial charge < -0.3 is 15.0 Å². The van der Waals surface area contributed by atoms with E-state index < -0.39 is 11.6 Å². The van der Waals surface area contributed by atoms with Gasteiger partial charge in [0.05, 0.1) is 13.2 Å². The van der Waals surface area contributed by atoms with Gasteiger partial charge >= 0.3 is 0 Å². The Morgan fingerprint density at radius 1 is 1.16 bits per heavy atom. The number of aryl methyl sites for hydroxylation is 1. The van der Waals surface area contributed by atoms with Crippen molar-refractivity contribution in [1.29, 1.82) is 0 Å². The highest BCUT2D eigenvalue weighted by Gasteiger charge is 2.34. The monoisotopic (exact) mass is 525 g/mol. The molecule has 11 heteroatoms. The Labute approximate surface area is 221 Å². The summed E-state index contributed by atoms with van der Waals surface area (Å²) in [5, 5.41) is 17.7. The number of rotatable bonds is 9. The maximum Gasteiger partial charge on any atom is 0.248 e. The number of hydrogen-bond donors (Lipinski definition) is 1. The second-order valence-corrected chi connectivity index (χ2v) is 11.2. The van der Waals surface area contributed by atoms with E-state index in [-0.39, 0.29) is 18.4 Å². The van der Waals surface area contributed by atoms with Crippen LogP contribution in [0, 0.1) is 6.92 Å². The fraction of sp³-hybridized carbons (Fsp3) is 0.500. The van der Waals surface area contributed by atoms with Crippen molar-refractivity contribution >= 4 is 23.2 Å². The molecule has 2 aromatic heterocycles. The van der Waals surface area contributed by atoms with E-state index >= 15 is 0 Å². The molecule has 0 bridgehead atoms. The molecular weight excluding hydrogens is 490 g/mol. The molecule has 3 aromatic rings. The van der Waals surface area contributed by atoms with Crippen LogP contribution in [0.5, 0.6) is 0 Å². The molecule has 0 aliphatic carbocycles. The summed E-state index contributed by atoms with van der Waals surface area (Å²) in [6.45, 7) is 11.6. The fourth-order valence-electron chi connectivity index (χ4n) is 4.12. The maximum atomic E-state index is 13.8. The van der Waals surface area contributed by atoms with E-state index in [1.54, 1.807) is 4.90 Å². The van der Waals surface area contributed by atoms with Crippen LogP contribution in [0.25, 0.3) is 11.4 Å². The molecule has 1 atom stereocenters. The SMILES string of the molecule is Cc1ccc(-c2nnn(CC(=O)N(CCN3CCOCC3)[C@H](C(=O)NC(C)(C)C)c3cccs3)n2)cc1. The van der Waals surface area contributed by atoms with E-state index in [1.165, 1.54) is 16.1 Å². The third-order valence-corrected chi connectivity index (χ3v) is 6.92. The minimum atomic E-state index is -0.757. The predicted molar refractivity (Wildman–Crippen MR) is 142 cm³/mol. The van der Waals surface area contributed by atoms with Crippen LogP contribution >= 0.6 is 11.3 Å². The number of aromatic nitrogens is 4. The van der Waals surface area contributed by atoms with E-state index in [1.807, 2.05) is 69.5 Å².